The molecule has 0 aromatic carbocycles. The average molecular weight is 126 g/mol. The normalized spacial score (nSPS) is 56.7. The van der Waals surface area contributed by atoms with Gasteiger partial charge in [-0.25, -0.2) is 0 Å². The van der Waals surface area contributed by atoms with Crippen LogP contribution in [0.2, 0.25) is 0 Å². The molecule has 52 valence electrons. The van der Waals surface area contributed by atoms with Crippen LogP contribution < -0.4 is 0 Å². The lowest BCUT2D eigenvalue weighted by molar-refractivity contribution is 0.108. The van der Waals surface area contributed by atoms with Crippen LogP contribution in [0.5, 0.6) is 0 Å². The second-order valence-electron chi connectivity index (χ2n) is 3.66. The quantitative estimate of drug-likeness (QED) is 0.520. The maximum Gasteiger partial charge on any atom is 0.0573 e. The number of hydrogen-bond acceptors (Lipinski definition) is 1. The molecule has 2 saturated carbocycles. The summed E-state index contributed by atoms with van der Waals surface area (Å²) in [6.45, 7) is 2.29. The van der Waals surface area contributed by atoms with Gasteiger partial charge in [0.05, 0.1) is 6.10 Å². The van der Waals surface area contributed by atoms with Crippen molar-refractivity contribution in [2.75, 3.05) is 0 Å². The van der Waals surface area contributed by atoms with Gasteiger partial charge in [-0.2, -0.15) is 0 Å². The van der Waals surface area contributed by atoms with E-state index in [1.54, 1.807) is 0 Å². The Balaban J connectivity index is 2.16. The largest absolute Gasteiger partial charge is 0.393 e. The van der Waals surface area contributed by atoms with Gasteiger partial charge in [0.1, 0.15) is 0 Å². The summed E-state index contributed by atoms with van der Waals surface area (Å²) >= 11 is 0. The minimum atomic E-state index is 0.0544. The van der Waals surface area contributed by atoms with E-state index in [1.165, 1.54) is 12.8 Å². The van der Waals surface area contributed by atoms with Gasteiger partial charge >= 0.3 is 0 Å². The van der Waals surface area contributed by atoms with E-state index >= 15 is 0 Å². The maximum atomic E-state index is 9.39. The molecule has 1 N–H and O–H groups in total. The molecule has 0 heterocycles. The van der Waals surface area contributed by atoms with E-state index in [9.17, 15) is 5.11 Å². The van der Waals surface area contributed by atoms with Gasteiger partial charge in [-0.1, -0.05) is 6.92 Å². The summed E-state index contributed by atoms with van der Waals surface area (Å²) in [6.07, 6.45) is 3.81. The molecule has 0 spiro atoms. The molecule has 1 nitrogen and oxygen atoms in total. The lowest BCUT2D eigenvalue weighted by Crippen LogP contribution is -2.16. The first kappa shape index (κ1) is 5.72. The highest BCUT2D eigenvalue weighted by molar-refractivity contribution is 4.94. The molecule has 2 fully saturated rings. The number of aliphatic hydroxyl groups is 1. The van der Waals surface area contributed by atoms with Crippen molar-refractivity contribution < 1.29 is 5.11 Å². The second-order valence-corrected chi connectivity index (χ2v) is 3.66. The van der Waals surface area contributed by atoms with Gasteiger partial charge in [0.15, 0.2) is 0 Å². The van der Waals surface area contributed by atoms with E-state index in [4.69, 9.17) is 0 Å². The van der Waals surface area contributed by atoms with Crippen LogP contribution in [0.4, 0.5) is 0 Å². The minimum Gasteiger partial charge on any atom is -0.393 e. The van der Waals surface area contributed by atoms with Gasteiger partial charge in [0.25, 0.3) is 0 Å². The molecule has 2 aliphatic carbocycles. The fourth-order valence-corrected chi connectivity index (χ4v) is 2.64. The fraction of sp³-hybridized carbons (Fsp3) is 1.00. The maximum absolute atomic E-state index is 9.39. The summed E-state index contributed by atoms with van der Waals surface area (Å²) < 4.78 is 0. The third kappa shape index (κ3) is 0.644. The number of hydrogen-bond donors (Lipinski definition) is 1. The second kappa shape index (κ2) is 1.72. The highest BCUT2D eigenvalue weighted by Crippen LogP contribution is 2.48. The van der Waals surface area contributed by atoms with Crippen molar-refractivity contribution in [2.24, 2.45) is 17.8 Å². The van der Waals surface area contributed by atoms with Crippen molar-refractivity contribution in [1.82, 2.24) is 0 Å². The van der Waals surface area contributed by atoms with Crippen molar-refractivity contribution in [2.45, 2.75) is 32.3 Å². The summed E-state index contributed by atoms with van der Waals surface area (Å²) in [6, 6.07) is 0. The molecule has 0 aromatic rings. The van der Waals surface area contributed by atoms with E-state index in [-0.39, 0.29) is 6.10 Å². The lowest BCUT2D eigenvalue weighted by Gasteiger charge is -2.14. The van der Waals surface area contributed by atoms with Crippen LogP contribution >= 0.6 is 0 Å². The van der Waals surface area contributed by atoms with Crippen LogP contribution in [0.1, 0.15) is 26.2 Å². The van der Waals surface area contributed by atoms with Crippen LogP contribution in [0.25, 0.3) is 0 Å². The Morgan fingerprint density at radius 3 is 2.33 bits per heavy atom. The molecule has 2 rings (SSSR count). The van der Waals surface area contributed by atoms with Crippen LogP contribution in [0.3, 0.4) is 0 Å². The Morgan fingerprint density at radius 1 is 1.33 bits per heavy atom. The fourth-order valence-electron chi connectivity index (χ4n) is 2.64. The molecule has 2 bridgehead atoms. The Hall–Kier alpha value is -0.0400. The lowest BCUT2D eigenvalue weighted by atomic mass is 9.98. The average Bonchev–Trinajstić information content (AvgIpc) is 2.25. The first-order chi connectivity index (χ1) is 4.29. The Bertz CT molecular complexity index is 122. The molecule has 0 saturated heterocycles. The van der Waals surface area contributed by atoms with Gasteiger partial charge in [0, 0.05) is 0 Å². The molecule has 0 radical (unpaired) electrons. The highest BCUT2D eigenvalue weighted by atomic mass is 16.3. The molecule has 2 aliphatic rings. The first-order valence-electron chi connectivity index (χ1n) is 3.97. The summed E-state index contributed by atoms with van der Waals surface area (Å²) in [5.41, 5.74) is 0. The number of rotatable bonds is 0. The first-order valence-corrected chi connectivity index (χ1v) is 3.97. The van der Waals surface area contributed by atoms with Gasteiger partial charge in [-0.05, 0) is 37.0 Å². The van der Waals surface area contributed by atoms with Crippen molar-refractivity contribution >= 4 is 0 Å². The number of aliphatic hydroxyl groups excluding tert-OH is 1. The standard InChI is InChI=1S/C8H14O/c1-5-6-2-3-7(5)8(9)4-6/h5-9H,2-4H2,1H3/t5?,6?,7?,8-/m0/s1. The van der Waals surface area contributed by atoms with Crippen molar-refractivity contribution in [3.8, 4) is 0 Å². The SMILES string of the molecule is CC1C2CCC1[C@@H](O)C2. The Morgan fingerprint density at radius 2 is 2.11 bits per heavy atom. The zero-order valence-corrected chi connectivity index (χ0v) is 5.88. The zero-order chi connectivity index (χ0) is 6.43. The van der Waals surface area contributed by atoms with Gasteiger partial charge in [0.2, 0.25) is 0 Å². The van der Waals surface area contributed by atoms with Crippen LogP contribution in [0, 0.1) is 17.8 Å². The molecule has 3 unspecified atom stereocenters. The summed E-state index contributed by atoms with van der Waals surface area (Å²) in [7, 11) is 0. The van der Waals surface area contributed by atoms with Gasteiger partial charge in [-0.3, -0.25) is 0 Å². The van der Waals surface area contributed by atoms with Crippen LogP contribution in [-0.4, -0.2) is 11.2 Å². The van der Waals surface area contributed by atoms with Gasteiger partial charge < -0.3 is 5.11 Å². The molecule has 0 amide bonds. The summed E-state index contributed by atoms with van der Waals surface area (Å²) in [5, 5.41) is 9.39. The third-order valence-corrected chi connectivity index (χ3v) is 3.33. The third-order valence-electron chi connectivity index (χ3n) is 3.33. The summed E-state index contributed by atoms with van der Waals surface area (Å²) in [5.74, 6) is 2.35. The topological polar surface area (TPSA) is 20.2 Å². The number of fused-ring (bicyclic) bond motifs is 2. The monoisotopic (exact) mass is 126 g/mol. The van der Waals surface area contributed by atoms with E-state index in [0.717, 1.165) is 18.3 Å². The van der Waals surface area contributed by atoms with Crippen molar-refractivity contribution in [3.63, 3.8) is 0 Å². The van der Waals surface area contributed by atoms with E-state index in [1.807, 2.05) is 0 Å². The van der Waals surface area contributed by atoms with Crippen molar-refractivity contribution in [3.05, 3.63) is 0 Å². The van der Waals surface area contributed by atoms with Crippen LogP contribution in [0.15, 0.2) is 0 Å². The molecule has 4 atom stereocenters. The Kier molecular flexibility index (Phi) is 1.10. The zero-order valence-electron chi connectivity index (χ0n) is 5.88. The molecular formula is C8H14O. The molecule has 9 heavy (non-hydrogen) atoms. The van der Waals surface area contributed by atoms with E-state index < -0.39 is 0 Å². The van der Waals surface area contributed by atoms with E-state index in [0.29, 0.717) is 5.92 Å². The molecule has 1 heteroatoms. The van der Waals surface area contributed by atoms with E-state index in [2.05, 4.69) is 6.92 Å². The molecule has 0 aromatic heterocycles. The highest BCUT2D eigenvalue weighted by Gasteiger charge is 2.44. The summed E-state index contributed by atoms with van der Waals surface area (Å²) in [4.78, 5) is 0. The van der Waals surface area contributed by atoms with Crippen LogP contribution in [-0.2, 0) is 0 Å². The predicted octanol–water partition coefficient (Wildman–Crippen LogP) is 1.41. The molecule has 0 aliphatic heterocycles. The molecular weight excluding hydrogens is 112 g/mol. The predicted molar refractivity (Wildman–Crippen MR) is 36.0 cm³/mol. The van der Waals surface area contributed by atoms with Crippen molar-refractivity contribution in [1.29, 1.82) is 0 Å². The minimum absolute atomic E-state index is 0.0544. The van der Waals surface area contributed by atoms with Gasteiger partial charge in [-0.15, -0.1) is 0 Å². The smallest absolute Gasteiger partial charge is 0.0573 e. The Labute approximate surface area is 56.1 Å².